The topological polar surface area (TPSA) is 107 Å². The lowest BCUT2D eigenvalue weighted by atomic mass is 9.93. The lowest BCUT2D eigenvalue weighted by Crippen LogP contribution is -2.35. The van der Waals surface area contributed by atoms with Crippen molar-refractivity contribution in [2.45, 2.75) is 51.0 Å². The van der Waals surface area contributed by atoms with Crippen molar-refractivity contribution < 1.29 is 24.2 Å². The van der Waals surface area contributed by atoms with Gasteiger partial charge in [0.2, 0.25) is 5.88 Å². The summed E-state index contributed by atoms with van der Waals surface area (Å²) in [4.78, 5) is 34.5. The van der Waals surface area contributed by atoms with Crippen LogP contribution < -0.4 is 4.74 Å². The van der Waals surface area contributed by atoms with Crippen LogP contribution in [-0.2, 0) is 24.4 Å². The van der Waals surface area contributed by atoms with Crippen LogP contribution in [0.1, 0.15) is 63.0 Å². The molecule has 6 rings (SSSR count). The number of carbonyl (C=O) groups is 2. The van der Waals surface area contributed by atoms with E-state index in [0.717, 1.165) is 73.4 Å². The second-order valence-electron chi connectivity index (χ2n) is 10.5. The molecule has 0 unspecified atom stereocenters. The lowest BCUT2D eigenvalue weighted by Gasteiger charge is -2.32. The van der Waals surface area contributed by atoms with Crippen LogP contribution in [0, 0.1) is 0 Å². The molecule has 0 amide bonds. The van der Waals surface area contributed by atoms with Crippen molar-refractivity contribution in [3.05, 3.63) is 88.9 Å². The molecule has 0 bridgehead atoms. The fourth-order valence-electron chi connectivity index (χ4n) is 5.44. The second kappa shape index (κ2) is 11.6. The van der Waals surface area contributed by atoms with Gasteiger partial charge in [-0.15, -0.1) is 0 Å². The molecule has 0 aliphatic carbocycles. The summed E-state index contributed by atoms with van der Waals surface area (Å²) in [6, 6.07) is 18.4. The van der Waals surface area contributed by atoms with Gasteiger partial charge in [0.25, 0.3) is 0 Å². The molecule has 2 fully saturated rings. The van der Waals surface area contributed by atoms with Gasteiger partial charge in [-0.3, -0.25) is 9.69 Å². The van der Waals surface area contributed by atoms with E-state index in [1.807, 2.05) is 24.3 Å². The van der Waals surface area contributed by atoms with E-state index in [2.05, 4.69) is 15.5 Å². The number of piperidine rings is 1. The average Bonchev–Trinajstić information content (AvgIpc) is 3.30. The maximum atomic E-state index is 11.6. The molecule has 9 heteroatoms. The number of benzene rings is 2. The standard InChI is InChI=1S/C31H32N4O5/c36-19-21-4-6-22(7-5-21)20-40-30-3-1-2-26(33-30)23-10-13-34(14-11-23)18-29-32-27-9-8-24(31(37)38)16-28(27)35(29)17-25-12-15-39-25/h1-9,16,19,23,25H,10-15,17-18,20H2,(H,37,38)/t25-/m0/s1. The summed E-state index contributed by atoms with van der Waals surface area (Å²) >= 11 is 0. The average molecular weight is 541 g/mol. The van der Waals surface area contributed by atoms with Crippen molar-refractivity contribution in [2.75, 3.05) is 19.7 Å². The SMILES string of the molecule is O=Cc1ccc(COc2cccc(C3CCN(Cc4nc5ccc(C(=O)O)cc5n4C[C@@H]4CCO4)CC3)n2)cc1. The highest BCUT2D eigenvalue weighted by molar-refractivity contribution is 5.92. The van der Waals surface area contributed by atoms with Gasteiger partial charge in [-0.25, -0.2) is 14.8 Å². The summed E-state index contributed by atoms with van der Waals surface area (Å²) in [7, 11) is 0. The molecule has 2 aliphatic rings. The first-order valence-electron chi connectivity index (χ1n) is 13.8. The Morgan fingerprint density at radius 1 is 1.05 bits per heavy atom. The van der Waals surface area contributed by atoms with Crippen LogP contribution in [0.25, 0.3) is 11.0 Å². The Kier molecular flexibility index (Phi) is 7.57. The van der Waals surface area contributed by atoms with E-state index in [-0.39, 0.29) is 11.7 Å². The van der Waals surface area contributed by atoms with Crippen molar-refractivity contribution >= 4 is 23.3 Å². The minimum absolute atomic E-state index is 0.145. The Balaban J connectivity index is 1.10. The Bertz CT molecular complexity index is 1500. The number of likely N-dealkylation sites (tertiary alicyclic amines) is 1. The number of pyridine rings is 1. The van der Waals surface area contributed by atoms with Crippen LogP contribution in [0.5, 0.6) is 5.88 Å². The summed E-state index contributed by atoms with van der Waals surface area (Å²) < 4.78 is 13.8. The molecule has 2 aromatic carbocycles. The third-order valence-corrected chi connectivity index (χ3v) is 7.87. The molecule has 40 heavy (non-hydrogen) atoms. The number of hydrogen-bond donors (Lipinski definition) is 1. The van der Waals surface area contributed by atoms with Crippen LogP contribution in [0.2, 0.25) is 0 Å². The van der Waals surface area contributed by atoms with Crippen LogP contribution in [0.3, 0.4) is 0 Å². The Labute approximate surface area is 232 Å². The molecule has 9 nitrogen and oxygen atoms in total. The van der Waals surface area contributed by atoms with Crippen molar-refractivity contribution in [1.29, 1.82) is 0 Å². The summed E-state index contributed by atoms with van der Waals surface area (Å²) in [5.74, 6) is 0.967. The largest absolute Gasteiger partial charge is 0.478 e. The summed E-state index contributed by atoms with van der Waals surface area (Å²) in [6.45, 7) is 4.40. The monoisotopic (exact) mass is 540 g/mol. The number of hydrogen-bond acceptors (Lipinski definition) is 7. The highest BCUT2D eigenvalue weighted by Crippen LogP contribution is 2.30. The van der Waals surface area contributed by atoms with E-state index in [1.165, 1.54) is 0 Å². The first-order chi connectivity index (χ1) is 19.6. The Hall–Kier alpha value is -4.08. The third-order valence-electron chi connectivity index (χ3n) is 7.87. The molecule has 2 aliphatic heterocycles. The lowest BCUT2D eigenvalue weighted by molar-refractivity contribution is -0.0592. The number of rotatable bonds is 10. The first-order valence-corrected chi connectivity index (χ1v) is 13.8. The van der Waals surface area contributed by atoms with Crippen molar-refractivity contribution in [3.63, 3.8) is 0 Å². The highest BCUT2D eigenvalue weighted by atomic mass is 16.5. The third kappa shape index (κ3) is 5.76. The van der Waals surface area contributed by atoms with Crippen LogP contribution in [-0.4, -0.2) is 62.6 Å². The molecule has 0 radical (unpaired) electrons. The van der Waals surface area contributed by atoms with Gasteiger partial charge in [0.05, 0.1) is 35.8 Å². The van der Waals surface area contributed by atoms with E-state index < -0.39 is 5.97 Å². The second-order valence-corrected chi connectivity index (χ2v) is 10.5. The molecule has 4 aromatic rings. The zero-order chi connectivity index (χ0) is 27.5. The Morgan fingerprint density at radius 3 is 2.55 bits per heavy atom. The molecular weight excluding hydrogens is 508 g/mol. The number of aromatic carboxylic acids is 1. The minimum atomic E-state index is -0.936. The number of nitrogens with zero attached hydrogens (tertiary/aromatic N) is 4. The van der Waals surface area contributed by atoms with Gasteiger partial charge in [-0.05, 0) is 62.2 Å². The van der Waals surface area contributed by atoms with Gasteiger partial charge in [0.15, 0.2) is 0 Å². The van der Waals surface area contributed by atoms with Gasteiger partial charge >= 0.3 is 5.97 Å². The molecular formula is C31H32N4O5. The molecule has 0 spiro atoms. The number of ether oxygens (including phenoxy) is 2. The van der Waals surface area contributed by atoms with E-state index in [0.29, 0.717) is 37.1 Å². The zero-order valence-corrected chi connectivity index (χ0v) is 22.2. The number of carboxylic acid groups (broad SMARTS) is 1. The number of aromatic nitrogens is 3. The summed E-state index contributed by atoms with van der Waals surface area (Å²) in [5, 5.41) is 9.49. The highest BCUT2D eigenvalue weighted by Gasteiger charge is 2.26. The molecule has 2 aromatic heterocycles. The first kappa shape index (κ1) is 26.2. The number of carboxylic acids is 1. The summed E-state index contributed by atoms with van der Waals surface area (Å²) in [6.07, 6.45) is 3.95. The quantitative estimate of drug-likeness (QED) is 0.289. The van der Waals surface area contributed by atoms with Crippen molar-refractivity contribution in [1.82, 2.24) is 19.4 Å². The van der Waals surface area contributed by atoms with Gasteiger partial charge in [-0.1, -0.05) is 30.3 Å². The number of carbonyl (C=O) groups excluding carboxylic acids is 1. The molecule has 1 atom stereocenters. The Morgan fingerprint density at radius 2 is 1.85 bits per heavy atom. The number of aldehydes is 1. The zero-order valence-electron chi connectivity index (χ0n) is 22.2. The van der Waals surface area contributed by atoms with E-state index in [1.54, 1.807) is 30.3 Å². The van der Waals surface area contributed by atoms with Crippen molar-refractivity contribution in [2.24, 2.45) is 0 Å². The van der Waals surface area contributed by atoms with Gasteiger partial charge < -0.3 is 19.1 Å². The van der Waals surface area contributed by atoms with Gasteiger partial charge in [-0.2, -0.15) is 0 Å². The summed E-state index contributed by atoms with van der Waals surface area (Å²) in [5.41, 5.74) is 4.61. The minimum Gasteiger partial charge on any atom is -0.478 e. The van der Waals surface area contributed by atoms with E-state index in [9.17, 15) is 14.7 Å². The van der Waals surface area contributed by atoms with Crippen LogP contribution in [0.4, 0.5) is 0 Å². The van der Waals surface area contributed by atoms with Gasteiger partial charge in [0.1, 0.15) is 18.7 Å². The number of fused-ring (bicyclic) bond motifs is 1. The fraction of sp³-hybridized carbons (Fsp3) is 0.355. The smallest absolute Gasteiger partial charge is 0.335 e. The van der Waals surface area contributed by atoms with E-state index >= 15 is 0 Å². The van der Waals surface area contributed by atoms with Crippen LogP contribution >= 0.6 is 0 Å². The maximum Gasteiger partial charge on any atom is 0.335 e. The van der Waals surface area contributed by atoms with E-state index in [4.69, 9.17) is 19.4 Å². The maximum absolute atomic E-state index is 11.6. The molecule has 206 valence electrons. The fourth-order valence-corrected chi connectivity index (χ4v) is 5.44. The molecule has 0 saturated carbocycles. The molecule has 4 heterocycles. The van der Waals surface area contributed by atoms with Crippen LogP contribution in [0.15, 0.2) is 60.7 Å². The van der Waals surface area contributed by atoms with Gasteiger partial charge in [0, 0.05) is 29.8 Å². The van der Waals surface area contributed by atoms with Crippen molar-refractivity contribution in [3.8, 4) is 5.88 Å². The predicted molar refractivity (Wildman–Crippen MR) is 149 cm³/mol. The normalized spacial score (nSPS) is 17.9. The number of imidazole rings is 1. The molecule has 1 N–H and O–H groups in total. The predicted octanol–water partition coefficient (Wildman–Crippen LogP) is 4.69. The molecule has 2 saturated heterocycles.